The van der Waals surface area contributed by atoms with Crippen LogP contribution in [0.3, 0.4) is 0 Å². The van der Waals surface area contributed by atoms with Crippen molar-refractivity contribution in [3.63, 3.8) is 0 Å². The van der Waals surface area contributed by atoms with E-state index < -0.39 is 5.97 Å². The fraction of sp³-hybridized carbons (Fsp3) is 0.882. The van der Waals surface area contributed by atoms with Gasteiger partial charge in [-0.3, -0.25) is 9.59 Å². The Kier molecular flexibility index (Phi) is 6.68. The van der Waals surface area contributed by atoms with Crippen LogP contribution in [0.15, 0.2) is 0 Å². The van der Waals surface area contributed by atoms with Gasteiger partial charge in [-0.15, -0.1) is 0 Å². The fourth-order valence-electron chi connectivity index (χ4n) is 3.82. The summed E-state index contributed by atoms with van der Waals surface area (Å²) in [4.78, 5) is 25.6. The first-order valence-electron chi connectivity index (χ1n) is 8.71. The van der Waals surface area contributed by atoms with E-state index in [-0.39, 0.29) is 24.3 Å². The maximum atomic E-state index is 12.9. The molecular weight excluding hydrogens is 282 g/mol. The van der Waals surface area contributed by atoms with Crippen LogP contribution >= 0.6 is 0 Å². The number of carboxylic acid groups (broad SMARTS) is 1. The Bertz CT molecular complexity index is 379. The number of morpholine rings is 1. The average Bonchev–Trinajstić information content (AvgIpc) is 2.53. The zero-order chi connectivity index (χ0) is 15.9. The Labute approximate surface area is 133 Å². The number of carbonyl (C=O) groups is 2. The molecule has 22 heavy (non-hydrogen) atoms. The molecule has 0 aromatic heterocycles. The molecule has 2 atom stereocenters. The molecule has 126 valence electrons. The Balaban J connectivity index is 1.96. The van der Waals surface area contributed by atoms with Gasteiger partial charge in [-0.05, 0) is 18.8 Å². The highest BCUT2D eigenvalue weighted by Crippen LogP contribution is 2.31. The maximum absolute atomic E-state index is 12.9. The second kappa shape index (κ2) is 8.51. The molecule has 1 heterocycles. The molecule has 1 saturated carbocycles. The van der Waals surface area contributed by atoms with E-state index in [0.29, 0.717) is 25.7 Å². The molecule has 0 bridgehead atoms. The monoisotopic (exact) mass is 311 g/mol. The van der Waals surface area contributed by atoms with E-state index >= 15 is 0 Å². The highest BCUT2D eigenvalue weighted by atomic mass is 16.5. The topological polar surface area (TPSA) is 66.8 Å². The van der Waals surface area contributed by atoms with Crippen molar-refractivity contribution in [1.29, 1.82) is 0 Å². The van der Waals surface area contributed by atoms with Crippen molar-refractivity contribution in [1.82, 2.24) is 4.90 Å². The number of amides is 1. The average molecular weight is 311 g/mol. The molecule has 0 aromatic carbocycles. The predicted octanol–water partition coefficient (Wildman–Crippen LogP) is 2.69. The zero-order valence-electron chi connectivity index (χ0n) is 13.6. The molecule has 1 saturated heterocycles. The Morgan fingerprint density at radius 2 is 2.00 bits per heavy atom. The molecule has 2 rings (SSSR count). The molecule has 2 fully saturated rings. The van der Waals surface area contributed by atoms with Gasteiger partial charge in [-0.25, -0.2) is 0 Å². The molecular formula is C17H29NO4. The molecule has 0 radical (unpaired) electrons. The van der Waals surface area contributed by atoms with Gasteiger partial charge in [0.15, 0.2) is 0 Å². The molecule has 0 spiro atoms. The Hall–Kier alpha value is -1.10. The van der Waals surface area contributed by atoms with Crippen molar-refractivity contribution >= 4 is 11.9 Å². The van der Waals surface area contributed by atoms with Crippen molar-refractivity contribution in [2.45, 2.75) is 64.3 Å². The minimum atomic E-state index is -0.867. The molecule has 1 amide bonds. The Morgan fingerprint density at radius 1 is 1.27 bits per heavy atom. The SMILES string of the molecule is CCC(CC1CCCCC1)C(=O)N1CCOCC1CC(=O)O. The van der Waals surface area contributed by atoms with Gasteiger partial charge in [0.1, 0.15) is 0 Å². The molecule has 2 aliphatic rings. The van der Waals surface area contributed by atoms with Gasteiger partial charge in [0, 0.05) is 12.5 Å². The lowest BCUT2D eigenvalue weighted by molar-refractivity contribution is -0.149. The maximum Gasteiger partial charge on any atom is 0.305 e. The van der Waals surface area contributed by atoms with E-state index in [2.05, 4.69) is 6.92 Å². The first kappa shape index (κ1) is 17.3. The quantitative estimate of drug-likeness (QED) is 0.819. The summed E-state index contributed by atoms with van der Waals surface area (Å²) in [5.41, 5.74) is 0. The molecule has 0 aromatic rings. The summed E-state index contributed by atoms with van der Waals surface area (Å²) in [6.45, 7) is 3.45. The largest absolute Gasteiger partial charge is 0.481 e. The van der Waals surface area contributed by atoms with Crippen molar-refractivity contribution in [2.75, 3.05) is 19.8 Å². The summed E-state index contributed by atoms with van der Waals surface area (Å²) in [7, 11) is 0. The third-order valence-electron chi connectivity index (χ3n) is 5.11. The first-order chi connectivity index (χ1) is 10.6. The van der Waals surface area contributed by atoms with Crippen molar-refractivity contribution in [2.24, 2.45) is 11.8 Å². The van der Waals surface area contributed by atoms with Gasteiger partial charge < -0.3 is 14.7 Å². The number of carbonyl (C=O) groups excluding carboxylic acids is 1. The van der Waals surface area contributed by atoms with Crippen LogP contribution in [0.4, 0.5) is 0 Å². The molecule has 1 aliphatic carbocycles. The Morgan fingerprint density at radius 3 is 2.64 bits per heavy atom. The summed E-state index contributed by atoms with van der Waals surface area (Å²) < 4.78 is 5.37. The van der Waals surface area contributed by atoms with Gasteiger partial charge in [-0.1, -0.05) is 39.0 Å². The van der Waals surface area contributed by atoms with Gasteiger partial charge in [0.25, 0.3) is 0 Å². The van der Waals surface area contributed by atoms with E-state index in [4.69, 9.17) is 9.84 Å². The van der Waals surface area contributed by atoms with E-state index in [1.165, 1.54) is 32.1 Å². The fourth-order valence-corrected chi connectivity index (χ4v) is 3.82. The molecule has 2 unspecified atom stereocenters. The van der Waals surface area contributed by atoms with Gasteiger partial charge in [-0.2, -0.15) is 0 Å². The summed E-state index contributed by atoms with van der Waals surface area (Å²) >= 11 is 0. The van der Waals surface area contributed by atoms with Crippen molar-refractivity contribution in [3.8, 4) is 0 Å². The summed E-state index contributed by atoms with van der Waals surface area (Å²) in [5.74, 6) is -0.0182. The predicted molar refractivity (Wildman–Crippen MR) is 83.5 cm³/mol. The number of hydrogen-bond acceptors (Lipinski definition) is 3. The highest BCUT2D eigenvalue weighted by Gasteiger charge is 2.33. The molecule has 5 nitrogen and oxygen atoms in total. The van der Waals surface area contributed by atoms with E-state index in [9.17, 15) is 9.59 Å². The van der Waals surface area contributed by atoms with Crippen LogP contribution in [0, 0.1) is 11.8 Å². The van der Waals surface area contributed by atoms with Crippen LogP contribution in [-0.4, -0.2) is 47.7 Å². The lowest BCUT2D eigenvalue weighted by atomic mass is 9.81. The van der Waals surface area contributed by atoms with E-state index in [1.54, 1.807) is 4.90 Å². The minimum absolute atomic E-state index is 0.0222. The minimum Gasteiger partial charge on any atom is -0.481 e. The normalized spacial score (nSPS) is 25.0. The van der Waals surface area contributed by atoms with Crippen LogP contribution in [-0.2, 0) is 14.3 Å². The van der Waals surface area contributed by atoms with Crippen LogP contribution in [0.1, 0.15) is 58.3 Å². The van der Waals surface area contributed by atoms with Crippen LogP contribution < -0.4 is 0 Å². The molecule has 5 heteroatoms. The van der Waals surface area contributed by atoms with Crippen LogP contribution in [0.25, 0.3) is 0 Å². The van der Waals surface area contributed by atoms with Gasteiger partial charge in [0.05, 0.1) is 25.7 Å². The number of hydrogen-bond donors (Lipinski definition) is 1. The lowest BCUT2D eigenvalue weighted by Crippen LogP contribution is -2.51. The summed E-state index contributed by atoms with van der Waals surface area (Å²) in [5, 5.41) is 9.03. The van der Waals surface area contributed by atoms with Crippen molar-refractivity contribution in [3.05, 3.63) is 0 Å². The molecule has 1 aliphatic heterocycles. The molecule has 1 N–H and O–H groups in total. The number of rotatable bonds is 6. The lowest BCUT2D eigenvalue weighted by Gasteiger charge is -2.37. The van der Waals surface area contributed by atoms with Gasteiger partial charge in [0.2, 0.25) is 5.91 Å². The third-order valence-corrected chi connectivity index (χ3v) is 5.11. The van der Waals surface area contributed by atoms with Gasteiger partial charge >= 0.3 is 5.97 Å². The number of aliphatic carboxylic acids is 1. The standard InChI is InChI=1S/C17H29NO4/c1-2-14(10-13-6-4-3-5-7-13)17(21)18-8-9-22-12-15(18)11-16(19)20/h13-15H,2-12H2,1H3,(H,19,20). The first-order valence-corrected chi connectivity index (χ1v) is 8.71. The highest BCUT2D eigenvalue weighted by molar-refractivity contribution is 5.80. The smallest absolute Gasteiger partial charge is 0.305 e. The number of nitrogens with zero attached hydrogens (tertiary/aromatic N) is 1. The number of ether oxygens (including phenoxy) is 1. The van der Waals surface area contributed by atoms with Crippen LogP contribution in [0.5, 0.6) is 0 Å². The number of carboxylic acids is 1. The second-order valence-corrected chi connectivity index (χ2v) is 6.70. The summed E-state index contributed by atoms with van der Waals surface area (Å²) in [6.07, 6.45) is 8.16. The second-order valence-electron chi connectivity index (χ2n) is 6.70. The summed E-state index contributed by atoms with van der Waals surface area (Å²) in [6, 6.07) is -0.306. The third kappa shape index (κ3) is 4.70. The van der Waals surface area contributed by atoms with E-state index in [1.807, 2.05) is 0 Å². The zero-order valence-corrected chi connectivity index (χ0v) is 13.6. The van der Waals surface area contributed by atoms with Crippen molar-refractivity contribution < 1.29 is 19.4 Å². The van der Waals surface area contributed by atoms with E-state index in [0.717, 1.165) is 12.8 Å². The van der Waals surface area contributed by atoms with Crippen LogP contribution in [0.2, 0.25) is 0 Å².